The zero-order valence-corrected chi connectivity index (χ0v) is 9.15. The van der Waals surface area contributed by atoms with Gasteiger partial charge in [0, 0.05) is 23.4 Å². The summed E-state index contributed by atoms with van der Waals surface area (Å²) in [6.07, 6.45) is 3.40. The molecule has 0 fully saturated rings. The Morgan fingerprint density at radius 2 is 1.94 bits per heavy atom. The fourth-order valence-electron chi connectivity index (χ4n) is 1.47. The first-order valence-electron chi connectivity index (χ1n) is 5.24. The van der Waals surface area contributed by atoms with Crippen LogP contribution in [0.15, 0.2) is 48.8 Å². The molecule has 0 saturated carbocycles. The second-order valence-corrected chi connectivity index (χ2v) is 3.56. The molecule has 2 N–H and O–H groups in total. The van der Waals surface area contributed by atoms with Crippen molar-refractivity contribution < 1.29 is 14.8 Å². The fourth-order valence-corrected chi connectivity index (χ4v) is 1.47. The molecule has 5 heteroatoms. The lowest BCUT2D eigenvalue weighted by molar-refractivity contribution is 0.306. The summed E-state index contributed by atoms with van der Waals surface area (Å²) < 4.78 is 5.52. The Bertz CT molecular complexity index is 476. The van der Waals surface area contributed by atoms with Crippen LogP contribution in [0.1, 0.15) is 5.56 Å². The van der Waals surface area contributed by atoms with Gasteiger partial charge in [-0.05, 0) is 12.1 Å². The third kappa shape index (κ3) is 3.06. The number of aromatic nitrogens is 1. The number of benzene rings is 1. The summed E-state index contributed by atoms with van der Waals surface area (Å²) in [5.74, 6) is 0.464. The first-order valence-corrected chi connectivity index (χ1v) is 5.24. The van der Waals surface area contributed by atoms with Crippen molar-refractivity contribution in [2.45, 2.75) is 6.61 Å². The molecule has 0 aliphatic heterocycles. The monoisotopic (exact) mass is 229 g/mol. The predicted molar refractivity (Wildman–Crippen MR) is 64.8 cm³/mol. The Morgan fingerprint density at radius 1 is 1.12 bits per heavy atom. The van der Waals surface area contributed by atoms with Crippen LogP contribution in [-0.4, -0.2) is 22.2 Å². The van der Waals surface area contributed by atoms with Gasteiger partial charge in [0.15, 0.2) is 0 Å². The van der Waals surface area contributed by atoms with E-state index in [1.54, 1.807) is 36.7 Å². The standard InChI is InChI=1S/C12H12BNO3/c15-13(16)11-5-1-2-6-12(11)17-9-10-4-3-7-14-8-10/h1-8,15-16H,9H2. The van der Waals surface area contributed by atoms with Gasteiger partial charge in [0.1, 0.15) is 12.4 Å². The first-order chi connectivity index (χ1) is 8.27. The number of nitrogens with zero attached hydrogens (tertiary/aromatic N) is 1. The summed E-state index contributed by atoms with van der Waals surface area (Å²) in [7, 11) is -1.53. The molecular weight excluding hydrogens is 217 g/mol. The maximum Gasteiger partial charge on any atom is 0.492 e. The number of para-hydroxylation sites is 1. The predicted octanol–water partition coefficient (Wildman–Crippen LogP) is 0.340. The Labute approximate surface area is 99.7 Å². The molecule has 17 heavy (non-hydrogen) atoms. The number of hydrogen-bond donors (Lipinski definition) is 2. The van der Waals surface area contributed by atoms with Crippen LogP contribution in [0.5, 0.6) is 5.75 Å². The van der Waals surface area contributed by atoms with Crippen molar-refractivity contribution in [3.05, 3.63) is 54.4 Å². The van der Waals surface area contributed by atoms with Gasteiger partial charge in [0.25, 0.3) is 0 Å². The molecule has 0 unspecified atom stereocenters. The topological polar surface area (TPSA) is 62.6 Å². The minimum Gasteiger partial charge on any atom is -0.489 e. The molecule has 0 amide bonds. The van der Waals surface area contributed by atoms with E-state index in [9.17, 15) is 0 Å². The first kappa shape index (κ1) is 11.6. The van der Waals surface area contributed by atoms with E-state index in [0.29, 0.717) is 17.8 Å². The largest absolute Gasteiger partial charge is 0.492 e. The summed E-state index contributed by atoms with van der Waals surface area (Å²) in [5.41, 5.74) is 1.28. The second-order valence-electron chi connectivity index (χ2n) is 3.56. The third-order valence-corrected chi connectivity index (χ3v) is 2.31. The molecule has 1 aromatic carbocycles. The SMILES string of the molecule is OB(O)c1ccccc1OCc1cccnc1. The van der Waals surface area contributed by atoms with Gasteiger partial charge in [-0.1, -0.05) is 24.3 Å². The summed E-state index contributed by atoms with van der Waals surface area (Å²) in [6, 6.07) is 10.5. The van der Waals surface area contributed by atoms with Gasteiger partial charge >= 0.3 is 7.12 Å². The van der Waals surface area contributed by atoms with Crippen LogP contribution in [0.25, 0.3) is 0 Å². The highest BCUT2D eigenvalue weighted by Gasteiger charge is 2.16. The van der Waals surface area contributed by atoms with Crippen molar-refractivity contribution in [1.29, 1.82) is 0 Å². The summed E-state index contributed by atoms with van der Waals surface area (Å²) in [4.78, 5) is 3.98. The van der Waals surface area contributed by atoms with Crippen molar-refractivity contribution in [3.63, 3.8) is 0 Å². The minimum absolute atomic E-state index is 0.345. The Kier molecular flexibility index (Phi) is 3.75. The number of pyridine rings is 1. The molecule has 4 nitrogen and oxygen atoms in total. The van der Waals surface area contributed by atoms with Gasteiger partial charge in [0.05, 0.1) is 0 Å². The van der Waals surface area contributed by atoms with Gasteiger partial charge in [-0.15, -0.1) is 0 Å². The lowest BCUT2D eigenvalue weighted by Crippen LogP contribution is -2.31. The highest BCUT2D eigenvalue weighted by atomic mass is 16.5. The average Bonchev–Trinajstić information content (AvgIpc) is 2.38. The molecule has 0 radical (unpaired) electrons. The van der Waals surface area contributed by atoms with Gasteiger partial charge in [-0.25, -0.2) is 0 Å². The van der Waals surface area contributed by atoms with Crippen molar-refractivity contribution in [2.24, 2.45) is 0 Å². The van der Waals surface area contributed by atoms with E-state index in [-0.39, 0.29) is 0 Å². The van der Waals surface area contributed by atoms with E-state index in [2.05, 4.69) is 4.98 Å². The van der Waals surface area contributed by atoms with Gasteiger partial charge in [0.2, 0.25) is 0 Å². The van der Waals surface area contributed by atoms with Crippen molar-refractivity contribution in [3.8, 4) is 5.75 Å². The molecule has 0 bridgehead atoms. The molecule has 0 aliphatic rings. The molecule has 0 aliphatic carbocycles. The van der Waals surface area contributed by atoms with Crippen LogP contribution in [-0.2, 0) is 6.61 Å². The third-order valence-electron chi connectivity index (χ3n) is 2.31. The summed E-state index contributed by atoms with van der Waals surface area (Å²) in [6.45, 7) is 0.345. The number of hydrogen-bond acceptors (Lipinski definition) is 4. The molecule has 2 rings (SSSR count). The van der Waals surface area contributed by atoms with Gasteiger partial charge in [-0.2, -0.15) is 0 Å². The smallest absolute Gasteiger partial charge is 0.489 e. The van der Waals surface area contributed by atoms with E-state index >= 15 is 0 Å². The molecule has 1 aromatic heterocycles. The fraction of sp³-hybridized carbons (Fsp3) is 0.0833. The quantitative estimate of drug-likeness (QED) is 0.742. The molecule has 2 aromatic rings. The maximum atomic E-state index is 9.16. The minimum atomic E-state index is -1.53. The van der Waals surface area contributed by atoms with Crippen molar-refractivity contribution >= 4 is 12.6 Å². The van der Waals surface area contributed by atoms with Crippen LogP contribution < -0.4 is 10.2 Å². The van der Waals surface area contributed by atoms with Crippen LogP contribution in [0.3, 0.4) is 0 Å². The molecule has 1 heterocycles. The van der Waals surface area contributed by atoms with Crippen molar-refractivity contribution in [2.75, 3.05) is 0 Å². The lowest BCUT2D eigenvalue weighted by atomic mass is 9.79. The molecule has 0 saturated heterocycles. The van der Waals surface area contributed by atoms with Crippen LogP contribution in [0, 0.1) is 0 Å². The Hall–Kier alpha value is -1.85. The Balaban J connectivity index is 2.09. The lowest BCUT2D eigenvalue weighted by Gasteiger charge is -2.10. The number of ether oxygens (including phenoxy) is 1. The zero-order chi connectivity index (χ0) is 12.1. The Morgan fingerprint density at radius 3 is 2.65 bits per heavy atom. The average molecular weight is 229 g/mol. The zero-order valence-electron chi connectivity index (χ0n) is 9.15. The summed E-state index contributed by atoms with van der Waals surface area (Å²) in [5, 5.41) is 18.3. The van der Waals surface area contributed by atoms with Crippen LogP contribution in [0.2, 0.25) is 0 Å². The second kappa shape index (κ2) is 5.47. The van der Waals surface area contributed by atoms with E-state index in [1.807, 2.05) is 12.1 Å². The highest BCUT2D eigenvalue weighted by Crippen LogP contribution is 2.09. The molecule has 0 spiro atoms. The van der Waals surface area contributed by atoms with Gasteiger partial charge < -0.3 is 14.8 Å². The maximum absolute atomic E-state index is 9.16. The normalized spacial score (nSPS) is 10.0. The molecule has 0 atom stereocenters. The van der Waals surface area contributed by atoms with E-state index in [0.717, 1.165) is 5.56 Å². The van der Waals surface area contributed by atoms with Crippen LogP contribution >= 0.6 is 0 Å². The van der Waals surface area contributed by atoms with E-state index in [1.165, 1.54) is 0 Å². The van der Waals surface area contributed by atoms with Crippen molar-refractivity contribution in [1.82, 2.24) is 4.98 Å². The van der Waals surface area contributed by atoms with Gasteiger partial charge in [-0.3, -0.25) is 4.98 Å². The van der Waals surface area contributed by atoms with E-state index in [4.69, 9.17) is 14.8 Å². The summed E-state index contributed by atoms with van der Waals surface area (Å²) >= 11 is 0. The molecular formula is C12H12BNO3. The van der Waals surface area contributed by atoms with Crippen LogP contribution in [0.4, 0.5) is 0 Å². The van der Waals surface area contributed by atoms with E-state index < -0.39 is 7.12 Å². The highest BCUT2D eigenvalue weighted by molar-refractivity contribution is 6.59. The molecule has 86 valence electrons. The number of rotatable bonds is 4.